The number of esters is 1. The van der Waals surface area contributed by atoms with Crippen LogP contribution in [0.15, 0.2) is 24.3 Å². The minimum Gasteiger partial charge on any atom is -0.462 e. The number of benzene rings is 1. The minimum atomic E-state index is -0.233. The normalized spacial score (nSPS) is 25.4. The lowest BCUT2D eigenvalue weighted by Gasteiger charge is -2.33. The minimum absolute atomic E-state index is 0.233. The quantitative estimate of drug-likeness (QED) is 0.812. The Bertz CT molecular complexity index is 455. The lowest BCUT2D eigenvalue weighted by molar-refractivity contribution is 0.0505. The molecule has 0 amide bonds. The van der Waals surface area contributed by atoms with Gasteiger partial charge in [0, 0.05) is 11.7 Å². The van der Waals surface area contributed by atoms with E-state index in [1.807, 2.05) is 31.2 Å². The molecule has 3 unspecified atom stereocenters. The van der Waals surface area contributed by atoms with Crippen molar-refractivity contribution in [1.29, 1.82) is 0 Å². The Morgan fingerprint density at radius 3 is 2.52 bits per heavy atom. The van der Waals surface area contributed by atoms with Crippen LogP contribution in [0.3, 0.4) is 0 Å². The highest BCUT2D eigenvalue weighted by Gasteiger charge is 2.24. The average molecular weight is 289 g/mol. The molecule has 0 bridgehead atoms. The Morgan fingerprint density at radius 1 is 1.19 bits per heavy atom. The van der Waals surface area contributed by atoms with Crippen LogP contribution >= 0.6 is 0 Å². The summed E-state index contributed by atoms with van der Waals surface area (Å²) >= 11 is 0. The number of carbonyl (C=O) groups is 1. The molecule has 0 heterocycles. The van der Waals surface area contributed by atoms with Crippen molar-refractivity contribution in [3.8, 4) is 0 Å². The Kier molecular flexibility index (Phi) is 5.66. The lowest BCUT2D eigenvalue weighted by atomic mass is 9.79. The van der Waals surface area contributed by atoms with Gasteiger partial charge in [-0.1, -0.05) is 20.8 Å². The van der Waals surface area contributed by atoms with E-state index in [1.54, 1.807) is 0 Å². The highest BCUT2D eigenvalue weighted by molar-refractivity contribution is 5.89. The molecule has 1 N–H and O–H groups in total. The zero-order chi connectivity index (χ0) is 15.2. The molecule has 1 aromatic rings. The Hall–Kier alpha value is -1.51. The molecule has 116 valence electrons. The van der Waals surface area contributed by atoms with Crippen molar-refractivity contribution in [2.45, 2.75) is 52.5 Å². The highest BCUT2D eigenvalue weighted by Crippen LogP contribution is 2.31. The van der Waals surface area contributed by atoms with Crippen LogP contribution in [-0.2, 0) is 4.74 Å². The summed E-state index contributed by atoms with van der Waals surface area (Å²) in [7, 11) is 0. The third-order valence-corrected chi connectivity index (χ3v) is 4.53. The van der Waals surface area contributed by atoms with E-state index < -0.39 is 0 Å². The summed E-state index contributed by atoms with van der Waals surface area (Å²) in [6.45, 7) is 7.16. The van der Waals surface area contributed by atoms with Crippen LogP contribution < -0.4 is 5.32 Å². The summed E-state index contributed by atoms with van der Waals surface area (Å²) in [5.74, 6) is 1.38. The molecular formula is C18H27NO2. The molecule has 1 aromatic carbocycles. The third-order valence-electron chi connectivity index (χ3n) is 4.53. The van der Waals surface area contributed by atoms with Crippen molar-refractivity contribution in [3.63, 3.8) is 0 Å². The van der Waals surface area contributed by atoms with Crippen molar-refractivity contribution in [3.05, 3.63) is 29.8 Å². The van der Waals surface area contributed by atoms with Gasteiger partial charge in [-0.15, -0.1) is 0 Å². The largest absolute Gasteiger partial charge is 0.462 e. The molecule has 3 atom stereocenters. The third kappa shape index (κ3) is 4.48. The number of hydrogen-bond donors (Lipinski definition) is 1. The van der Waals surface area contributed by atoms with Gasteiger partial charge < -0.3 is 10.1 Å². The number of hydrogen-bond acceptors (Lipinski definition) is 3. The van der Waals surface area contributed by atoms with Crippen LogP contribution in [0.25, 0.3) is 0 Å². The number of nitrogens with one attached hydrogen (secondary N) is 1. The lowest BCUT2D eigenvalue weighted by Crippen LogP contribution is -2.30. The number of anilines is 1. The Labute approximate surface area is 128 Å². The smallest absolute Gasteiger partial charge is 0.338 e. The van der Waals surface area contributed by atoms with Gasteiger partial charge in [-0.05, 0) is 61.8 Å². The summed E-state index contributed by atoms with van der Waals surface area (Å²) in [6, 6.07) is 8.19. The maximum absolute atomic E-state index is 11.7. The monoisotopic (exact) mass is 289 g/mol. The molecule has 1 aliphatic rings. The summed E-state index contributed by atoms with van der Waals surface area (Å²) < 4.78 is 5.13. The van der Waals surface area contributed by atoms with E-state index in [9.17, 15) is 4.79 Å². The van der Waals surface area contributed by atoms with Gasteiger partial charge in [-0.25, -0.2) is 4.79 Å². The van der Waals surface area contributed by atoms with E-state index in [-0.39, 0.29) is 5.97 Å². The van der Waals surface area contributed by atoms with Gasteiger partial charge in [0.15, 0.2) is 0 Å². The van der Waals surface area contributed by atoms with Crippen LogP contribution in [0.1, 0.15) is 56.8 Å². The molecule has 2 rings (SSSR count). The second-order valence-electron chi connectivity index (χ2n) is 6.32. The summed E-state index contributed by atoms with van der Waals surface area (Å²) in [4.78, 5) is 11.7. The summed E-state index contributed by atoms with van der Waals surface area (Å²) in [6.07, 6.45) is 4.59. The molecule has 3 heteroatoms. The van der Waals surface area contributed by atoms with Crippen LogP contribution in [0.4, 0.5) is 5.69 Å². The van der Waals surface area contributed by atoms with Gasteiger partial charge >= 0.3 is 5.97 Å². The topological polar surface area (TPSA) is 38.3 Å². The van der Waals surface area contributed by atoms with Gasteiger partial charge in [-0.2, -0.15) is 0 Å². The average Bonchev–Trinajstić information content (AvgIpc) is 2.49. The zero-order valence-corrected chi connectivity index (χ0v) is 13.4. The van der Waals surface area contributed by atoms with E-state index in [0.29, 0.717) is 18.2 Å². The Morgan fingerprint density at radius 2 is 1.90 bits per heavy atom. The molecule has 1 fully saturated rings. The molecule has 0 radical (unpaired) electrons. The predicted octanol–water partition coefficient (Wildman–Crippen LogP) is 4.49. The fraction of sp³-hybridized carbons (Fsp3) is 0.611. The first-order valence-corrected chi connectivity index (χ1v) is 8.14. The molecule has 21 heavy (non-hydrogen) atoms. The van der Waals surface area contributed by atoms with E-state index in [4.69, 9.17) is 4.74 Å². The molecule has 0 saturated heterocycles. The first kappa shape index (κ1) is 15.9. The van der Waals surface area contributed by atoms with Gasteiger partial charge in [-0.3, -0.25) is 0 Å². The Balaban J connectivity index is 1.89. The van der Waals surface area contributed by atoms with Crippen molar-refractivity contribution in [1.82, 2.24) is 0 Å². The van der Waals surface area contributed by atoms with E-state index in [1.165, 1.54) is 19.3 Å². The van der Waals surface area contributed by atoms with E-state index >= 15 is 0 Å². The van der Waals surface area contributed by atoms with E-state index in [0.717, 1.165) is 23.9 Å². The highest BCUT2D eigenvalue weighted by atomic mass is 16.5. The SMILES string of the molecule is CCCOC(=O)c1ccc(NC2CCC(C)C(C)C2)cc1. The standard InChI is InChI=1S/C18H27NO2/c1-4-11-21-18(20)15-6-9-16(10-7-15)19-17-8-5-13(2)14(3)12-17/h6-7,9-10,13-14,17,19H,4-5,8,11-12H2,1-3H3. The number of carbonyl (C=O) groups excluding carboxylic acids is 1. The number of rotatable bonds is 5. The first-order chi connectivity index (χ1) is 10.1. The van der Waals surface area contributed by atoms with Crippen LogP contribution in [0.2, 0.25) is 0 Å². The molecule has 3 nitrogen and oxygen atoms in total. The molecule has 1 saturated carbocycles. The van der Waals surface area contributed by atoms with Crippen molar-refractivity contribution in [2.24, 2.45) is 11.8 Å². The molecule has 0 aliphatic heterocycles. The first-order valence-electron chi connectivity index (χ1n) is 8.14. The van der Waals surface area contributed by atoms with Crippen LogP contribution in [0, 0.1) is 11.8 Å². The second-order valence-corrected chi connectivity index (χ2v) is 6.32. The summed E-state index contributed by atoms with van der Waals surface area (Å²) in [5, 5.41) is 3.59. The van der Waals surface area contributed by atoms with Gasteiger partial charge in [0.05, 0.1) is 12.2 Å². The van der Waals surface area contributed by atoms with Crippen molar-refractivity contribution >= 4 is 11.7 Å². The summed E-state index contributed by atoms with van der Waals surface area (Å²) in [5.41, 5.74) is 1.72. The molecule has 0 spiro atoms. The van der Waals surface area contributed by atoms with Gasteiger partial charge in [0.2, 0.25) is 0 Å². The van der Waals surface area contributed by atoms with Crippen molar-refractivity contribution in [2.75, 3.05) is 11.9 Å². The molecular weight excluding hydrogens is 262 g/mol. The molecule has 0 aromatic heterocycles. The zero-order valence-electron chi connectivity index (χ0n) is 13.4. The second kappa shape index (κ2) is 7.48. The van der Waals surface area contributed by atoms with Gasteiger partial charge in [0.25, 0.3) is 0 Å². The van der Waals surface area contributed by atoms with Crippen molar-refractivity contribution < 1.29 is 9.53 Å². The van der Waals surface area contributed by atoms with Gasteiger partial charge in [0.1, 0.15) is 0 Å². The fourth-order valence-corrected chi connectivity index (χ4v) is 2.89. The molecule has 1 aliphatic carbocycles. The predicted molar refractivity (Wildman–Crippen MR) is 86.6 cm³/mol. The van der Waals surface area contributed by atoms with Crippen LogP contribution in [-0.4, -0.2) is 18.6 Å². The fourth-order valence-electron chi connectivity index (χ4n) is 2.89. The maximum Gasteiger partial charge on any atom is 0.338 e. The number of ether oxygens (including phenoxy) is 1. The van der Waals surface area contributed by atoms with E-state index in [2.05, 4.69) is 19.2 Å². The maximum atomic E-state index is 11.7. The van der Waals surface area contributed by atoms with Crippen LogP contribution in [0.5, 0.6) is 0 Å².